The first kappa shape index (κ1) is 83.0. The average molecular weight is 1750 g/mol. The van der Waals surface area contributed by atoms with Crippen LogP contribution in [-0.4, -0.2) is 135 Å². The number of H-pyrrole nitrogens is 2. The van der Waals surface area contributed by atoms with Crippen molar-refractivity contribution >= 4 is 123 Å². The summed E-state index contributed by atoms with van der Waals surface area (Å²) in [6.45, 7) is 6.53. The third-order valence-electron chi connectivity index (χ3n) is 21.5. The Hall–Kier alpha value is -16.3. The van der Waals surface area contributed by atoms with Crippen molar-refractivity contribution < 1.29 is 62.5 Å². The normalized spacial score (nSPS) is 14.3. The maximum atomic E-state index is 13.2. The molecule has 3 atom stereocenters. The minimum Gasteiger partial charge on any atom is -0.492 e. The molecule has 0 bridgehead atoms. The molecule has 25 nitrogen and oxygen atoms in total. The summed E-state index contributed by atoms with van der Waals surface area (Å²) >= 11 is 0. The van der Waals surface area contributed by atoms with Crippen LogP contribution < -0.4 is 14.2 Å². The van der Waals surface area contributed by atoms with E-state index in [1.54, 1.807) is 111 Å². The zero-order valence-corrected chi connectivity index (χ0v) is 69.9. The minimum absolute atomic E-state index is 0. The van der Waals surface area contributed by atoms with E-state index in [9.17, 15) is 28.8 Å². The van der Waals surface area contributed by atoms with Gasteiger partial charge in [-0.15, -0.1) is 0 Å². The summed E-state index contributed by atoms with van der Waals surface area (Å²) in [4.78, 5) is 140. The number of imidazole rings is 2. The van der Waals surface area contributed by atoms with E-state index in [0.29, 0.717) is 74.4 Å². The zero-order chi connectivity index (χ0) is 86.2. The number of carbonyl (C=O) groups excluding carboxylic acids is 6. The summed E-state index contributed by atoms with van der Waals surface area (Å²) in [5.41, 5.74) is 18.6. The van der Waals surface area contributed by atoms with Crippen LogP contribution in [0.25, 0.3) is 122 Å². The van der Waals surface area contributed by atoms with E-state index in [1.165, 1.54) is 0 Å². The van der Waals surface area contributed by atoms with Gasteiger partial charge in [-0.3, -0.25) is 83.8 Å². The number of ketones is 5. The molecule has 3 aliphatic heterocycles. The van der Waals surface area contributed by atoms with Crippen LogP contribution in [0.2, 0.25) is 0 Å². The van der Waals surface area contributed by atoms with Gasteiger partial charge >= 0.3 is 0 Å². The Balaban J connectivity index is 0.000000108. The number of nitrogens with zero attached hydrogens (tertiary/aromatic N) is 14. The van der Waals surface area contributed by atoms with Gasteiger partial charge in [-0.1, -0.05) is 83.4 Å². The van der Waals surface area contributed by atoms with E-state index in [1.807, 2.05) is 197 Å². The molecule has 14 aromatic heterocycles. The maximum Gasteiger partial charge on any atom is 0.235 e. The first-order valence-corrected chi connectivity index (χ1v) is 40.3. The smallest absolute Gasteiger partial charge is 0.235 e. The first-order chi connectivity index (χ1) is 61.8. The Morgan fingerprint density at radius 3 is 0.976 bits per heavy atom. The third-order valence-corrected chi connectivity index (χ3v) is 21.5. The molecule has 4 aliphatic rings. The summed E-state index contributed by atoms with van der Waals surface area (Å²) < 4.78 is 17.1. The van der Waals surface area contributed by atoms with E-state index < -0.39 is 29.3 Å². The van der Waals surface area contributed by atoms with Gasteiger partial charge in [-0.25, -0.2) is 9.97 Å². The van der Waals surface area contributed by atoms with Gasteiger partial charge in [-0.05, 0) is 191 Å². The van der Waals surface area contributed by atoms with Crippen LogP contribution in [0.1, 0.15) is 92.0 Å². The quantitative estimate of drug-likeness (QED) is 0.0531. The number of aryl methyl sites for hydroxylation is 3. The van der Waals surface area contributed by atoms with Gasteiger partial charge in [0.05, 0.1) is 106 Å². The van der Waals surface area contributed by atoms with Crippen LogP contribution in [0.15, 0.2) is 311 Å². The Morgan fingerprint density at radius 2 is 0.614 bits per heavy atom. The zero-order valence-electron chi connectivity index (χ0n) is 68.2. The Bertz CT molecular complexity index is 6970. The molecule has 0 spiro atoms. The number of ether oxygens (including phenoxy) is 3. The van der Waals surface area contributed by atoms with Crippen LogP contribution in [0.4, 0.5) is 0 Å². The molecule has 26 heteroatoms. The second-order valence-electron chi connectivity index (χ2n) is 29.7. The number of aromatic amines is 2. The molecular weight excluding hydrogens is 1680 g/mol. The molecule has 6 aromatic carbocycles. The largest absolute Gasteiger partial charge is 0.492 e. The first-order valence-electron chi connectivity index (χ1n) is 40.3. The van der Waals surface area contributed by atoms with Crippen molar-refractivity contribution in [1.82, 2.24) is 79.7 Å². The van der Waals surface area contributed by atoms with Crippen LogP contribution in [0.5, 0.6) is 17.2 Å². The number of nitrogens with one attached hydrogen (secondary N) is 2. The Kier molecular flexibility index (Phi) is 24.3. The number of hydrogen-bond donors (Lipinski definition) is 2. The van der Waals surface area contributed by atoms with E-state index in [4.69, 9.17) is 24.2 Å². The molecule has 17 heterocycles. The number of Topliss-reactive ketones (excluding diaryl/α,β-unsaturated/α-hetero) is 5. The van der Waals surface area contributed by atoms with Gasteiger partial charge in [0.15, 0.2) is 17.3 Å². The van der Waals surface area contributed by atoms with E-state index in [0.717, 1.165) is 127 Å². The number of rotatable bonds is 5. The standard InChI is InChI=1S/2C23H16N4O2.C12H6N2O2.C12H8N2.C11H10O3.2C10H8N2.Ru/c2*1-12-6-7-17-15(10-12)22(28)16(11-29-17)23-26-20-13-4-2-8-24-18(13)19-14(21(20)27-23)5-3-9-25-19;15-11-7-3-1-5-13-9(7)10-8(12(11)16)4-2-6-14-10;1-3-9-5-6-10-4-2-8-14-12(10)11(9)13-7-1;1-7-2-3-10-9(4-7)11(13)8(5-12)6-14-10;2*1-3-7-11-9(5-1)10-6-2-4-8-12-10;/h2*2-10,16H,11H2,1H3,(H,26,27);1-6H;1-8H;2-5,8H,6H2,1H3;2*1-8H;. The van der Waals surface area contributed by atoms with Crippen LogP contribution in [-0.2, 0) is 24.3 Å². The van der Waals surface area contributed by atoms with Gasteiger partial charge in [0, 0.05) is 126 Å². The van der Waals surface area contributed by atoms with Crippen LogP contribution >= 0.6 is 0 Å². The summed E-state index contributed by atoms with van der Waals surface area (Å²) in [5.74, 6) is 0.384. The molecule has 0 saturated heterocycles. The summed E-state index contributed by atoms with van der Waals surface area (Å²) in [7, 11) is 0. The maximum absolute atomic E-state index is 13.2. The Labute approximate surface area is 737 Å². The van der Waals surface area contributed by atoms with Crippen LogP contribution in [0.3, 0.4) is 0 Å². The fraction of sp³-hybridized carbons (Fsp3) is 0.0891. The predicted molar refractivity (Wildman–Crippen MR) is 480 cm³/mol. The molecule has 1 aliphatic carbocycles. The fourth-order valence-electron chi connectivity index (χ4n) is 15.3. The number of aldehydes is 1. The van der Waals surface area contributed by atoms with Crippen molar-refractivity contribution in [2.24, 2.45) is 5.92 Å². The predicted octanol–water partition coefficient (Wildman–Crippen LogP) is 18.6. The number of aromatic nitrogens is 16. The molecule has 20 aromatic rings. The molecular formula is C101H72N16O9Ru. The number of carbonyl (C=O) groups is 6. The number of pyridine rings is 12. The number of hydrogen-bond acceptors (Lipinski definition) is 23. The number of fused-ring (bicyclic) bond motifs is 21. The van der Waals surface area contributed by atoms with E-state index in [-0.39, 0.29) is 56.6 Å². The van der Waals surface area contributed by atoms with Gasteiger partial charge in [0.25, 0.3) is 0 Å². The topological polar surface area (TPSA) is 342 Å². The number of benzene rings is 6. The van der Waals surface area contributed by atoms with Crippen molar-refractivity contribution in [3.63, 3.8) is 0 Å². The molecule has 0 fully saturated rings. The van der Waals surface area contributed by atoms with E-state index >= 15 is 0 Å². The van der Waals surface area contributed by atoms with Gasteiger partial charge in [-0.2, -0.15) is 0 Å². The fourth-order valence-corrected chi connectivity index (χ4v) is 15.3. The van der Waals surface area contributed by atoms with Crippen molar-refractivity contribution in [1.29, 1.82) is 0 Å². The third kappa shape index (κ3) is 17.1. The summed E-state index contributed by atoms with van der Waals surface area (Å²) in [6, 6.07) is 74.1. The van der Waals surface area contributed by atoms with Crippen molar-refractivity contribution in [3.8, 4) is 51.4 Å². The molecule has 127 heavy (non-hydrogen) atoms. The minimum atomic E-state index is -0.635. The monoisotopic (exact) mass is 1750 g/mol. The van der Waals surface area contributed by atoms with Gasteiger partial charge in [0.2, 0.25) is 11.6 Å². The van der Waals surface area contributed by atoms with E-state index in [2.05, 4.69) is 94.0 Å². The second kappa shape index (κ2) is 37.2. The molecule has 0 radical (unpaired) electrons. The van der Waals surface area contributed by atoms with Crippen molar-refractivity contribution in [3.05, 3.63) is 367 Å². The molecule has 2 N–H and O–H groups in total. The van der Waals surface area contributed by atoms with Crippen molar-refractivity contribution in [2.75, 3.05) is 19.8 Å². The van der Waals surface area contributed by atoms with Crippen LogP contribution in [0, 0.1) is 26.7 Å². The molecule has 24 rings (SSSR count). The van der Waals surface area contributed by atoms with Crippen molar-refractivity contribution in [2.45, 2.75) is 32.6 Å². The molecule has 618 valence electrons. The van der Waals surface area contributed by atoms with Gasteiger partial charge in [0.1, 0.15) is 84.1 Å². The molecule has 0 amide bonds. The average Bonchev–Trinajstić information content (AvgIpc) is 1.66. The molecule has 3 unspecified atom stereocenters. The molecule has 0 saturated carbocycles. The summed E-state index contributed by atoms with van der Waals surface area (Å²) in [5, 5.41) is 5.98. The summed E-state index contributed by atoms with van der Waals surface area (Å²) in [6.07, 6.45) is 21.5. The second-order valence-corrected chi connectivity index (χ2v) is 29.7. The Morgan fingerprint density at radius 1 is 0.299 bits per heavy atom. The SMILES string of the molecule is Cc1ccc2c(c1)C(=O)C(C=O)CO2.Cc1ccc2c(c1)C(=O)C(c1nc3c4cccnc4c4ncccc4c3[nH]1)CO2.Cc1ccc2c(c1)C(=O)C(c1nc3c4cccnc4c4ncccc4c3[nH]1)CO2.O=C1C(=O)c2cccnc2-c2ncccc21.[Ru].c1ccc(-c2ccccn2)nc1.c1ccc(-c2ccccn2)nc1.c1cnc2c(c1)ccc1cccnc12. The van der Waals surface area contributed by atoms with Gasteiger partial charge < -0.3 is 29.0 Å².